The Kier molecular flexibility index (Phi) is 5.80. The zero-order chi connectivity index (χ0) is 15.9. The van der Waals surface area contributed by atoms with Crippen LogP contribution in [0.3, 0.4) is 0 Å². The van der Waals surface area contributed by atoms with E-state index in [0.29, 0.717) is 19.5 Å². The second-order valence-corrected chi connectivity index (χ2v) is 5.58. The number of carboxylic acid groups (broad SMARTS) is 1. The van der Waals surface area contributed by atoms with Crippen LogP contribution in [-0.2, 0) is 11.2 Å². The van der Waals surface area contributed by atoms with E-state index < -0.39 is 5.97 Å². The van der Waals surface area contributed by atoms with Crippen LogP contribution in [0.5, 0.6) is 0 Å². The number of hydrogen-bond donors (Lipinski definition) is 2. The molecular weight excluding hydrogens is 284 g/mol. The summed E-state index contributed by atoms with van der Waals surface area (Å²) in [7, 11) is 0. The van der Waals surface area contributed by atoms with Gasteiger partial charge in [0.25, 0.3) is 0 Å². The highest BCUT2D eigenvalue weighted by Crippen LogP contribution is 2.23. The first-order valence-electron chi connectivity index (χ1n) is 7.88. The minimum atomic E-state index is -0.834. The summed E-state index contributed by atoms with van der Waals surface area (Å²) in [5, 5.41) is 11.4. The third-order valence-electron chi connectivity index (χ3n) is 3.99. The number of aryl methyl sites for hydroxylation is 1. The number of imidazole rings is 1. The second kappa shape index (κ2) is 7.82. The number of urea groups is 1. The number of carbonyl (C=O) groups excluding carboxylic acids is 1. The van der Waals surface area contributed by atoms with Crippen LogP contribution in [0.1, 0.15) is 44.5 Å². The smallest absolute Gasteiger partial charge is 0.317 e. The predicted octanol–water partition coefficient (Wildman–Crippen LogP) is 1.66. The Hall–Kier alpha value is -2.05. The molecule has 2 N–H and O–H groups in total. The fraction of sp³-hybridized carbons (Fsp3) is 0.667. The maximum absolute atomic E-state index is 12.2. The molecule has 122 valence electrons. The molecule has 0 spiro atoms. The lowest BCUT2D eigenvalue weighted by molar-refractivity contribution is -0.137. The summed E-state index contributed by atoms with van der Waals surface area (Å²) in [6.07, 6.45) is 7.23. The number of nitrogens with zero attached hydrogens (tertiary/aromatic N) is 3. The van der Waals surface area contributed by atoms with E-state index >= 15 is 0 Å². The van der Waals surface area contributed by atoms with Gasteiger partial charge in [0, 0.05) is 44.9 Å². The summed E-state index contributed by atoms with van der Waals surface area (Å²) in [4.78, 5) is 28.8. The SMILES string of the molecule is CCc1nccn1C1CCCN(C(=O)NCCCC(=O)O)C1. The number of amides is 2. The molecule has 0 radical (unpaired) electrons. The highest BCUT2D eigenvalue weighted by Gasteiger charge is 2.25. The number of likely N-dealkylation sites (tertiary alicyclic amines) is 1. The van der Waals surface area contributed by atoms with Crippen molar-refractivity contribution in [2.75, 3.05) is 19.6 Å². The Balaban J connectivity index is 1.85. The molecule has 0 aromatic carbocycles. The molecular formula is C15H24N4O3. The second-order valence-electron chi connectivity index (χ2n) is 5.58. The monoisotopic (exact) mass is 308 g/mol. The Bertz CT molecular complexity index is 515. The molecule has 1 aromatic heterocycles. The standard InChI is InChI=1S/C15H24N4O3/c1-2-13-16-8-10-19(13)12-5-4-9-18(11-12)15(22)17-7-3-6-14(20)21/h8,10,12H,2-7,9,11H2,1H3,(H,17,22)(H,20,21). The summed E-state index contributed by atoms with van der Waals surface area (Å²) in [6, 6.07) is 0.171. The number of rotatable bonds is 6. The lowest BCUT2D eigenvalue weighted by atomic mass is 10.1. The van der Waals surface area contributed by atoms with Gasteiger partial charge in [-0.2, -0.15) is 0 Å². The lowest BCUT2D eigenvalue weighted by Gasteiger charge is -2.34. The van der Waals surface area contributed by atoms with E-state index in [2.05, 4.69) is 21.8 Å². The van der Waals surface area contributed by atoms with Gasteiger partial charge in [-0.3, -0.25) is 4.79 Å². The van der Waals surface area contributed by atoms with E-state index in [0.717, 1.165) is 31.6 Å². The molecule has 2 rings (SSSR count). The molecule has 7 nitrogen and oxygen atoms in total. The molecule has 1 saturated heterocycles. The number of hydrogen-bond acceptors (Lipinski definition) is 3. The summed E-state index contributed by atoms with van der Waals surface area (Å²) >= 11 is 0. The van der Waals surface area contributed by atoms with Gasteiger partial charge in [-0.25, -0.2) is 9.78 Å². The Labute approximate surface area is 130 Å². The molecule has 1 aliphatic rings. The largest absolute Gasteiger partial charge is 0.481 e. The van der Waals surface area contributed by atoms with Crippen molar-refractivity contribution in [3.05, 3.63) is 18.2 Å². The van der Waals surface area contributed by atoms with Crippen LogP contribution in [-0.4, -0.2) is 51.2 Å². The van der Waals surface area contributed by atoms with Crippen LogP contribution in [0.15, 0.2) is 12.4 Å². The number of piperidine rings is 1. The van der Waals surface area contributed by atoms with Gasteiger partial charge < -0.3 is 19.9 Å². The van der Waals surface area contributed by atoms with Crippen LogP contribution in [0, 0.1) is 0 Å². The molecule has 0 bridgehead atoms. The minimum Gasteiger partial charge on any atom is -0.481 e. The van der Waals surface area contributed by atoms with E-state index in [1.54, 1.807) is 0 Å². The molecule has 1 atom stereocenters. The summed E-state index contributed by atoms with van der Waals surface area (Å²) < 4.78 is 2.17. The van der Waals surface area contributed by atoms with Gasteiger partial charge in [-0.15, -0.1) is 0 Å². The number of aliphatic carboxylic acids is 1. The van der Waals surface area contributed by atoms with Gasteiger partial charge in [0.1, 0.15) is 5.82 Å². The van der Waals surface area contributed by atoms with E-state index in [1.165, 1.54) is 0 Å². The molecule has 22 heavy (non-hydrogen) atoms. The average molecular weight is 308 g/mol. The average Bonchev–Trinajstić information content (AvgIpc) is 3.00. The van der Waals surface area contributed by atoms with Crippen LogP contribution in [0.2, 0.25) is 0 Å². The van der Waals surface area contributed by atoms with Gasteiger partial charge in [0.2, 0.25) is 0 Å². The van der Waals surface area contributed by atoms with Crippen LogP contribution in [0.25, 0.3) is 0 Å². The Morgan fingerprint density at radius 3 is 3.05 bits per heavy atom. The van der Waals surface area contributed by atoms with Gasteiger partial charge in [0.15, 0.2) is 0 Å². The fourth-order valence-electron chi connectivity index (χ4n) is 2.86. The lowest BCUT2D eigenvalue weighted by Crippen LogP contribution is -2.46. The normalized spacial score (nSPS) is 18.2. The van der Waals surface area contributed by atoms with Crippen molar-refractivity contribution in [1.82, 2.24) is 19.8 Å². The number of carbonyl (C=O) groups is 2. The Morgan fingerprint density at radius 1 is 1.50 bits per heavy atom. The van der Waals surface area contributed by atoms with Crippen molar-refractivity contribution in [3.63, 3.8) is 0 Å². The van der Waals surface area contributed by atoms with Gasteiger partial charge >= 0.3 is 12.0 Å². The first kappa shape index (κ1) is 16.3. The van der Waals surface area contributed by atoms with Crippen LogP contribution >= 0.6 is 0 Å². The zero-order valence-electron chi connectivity index (χ0n) is 13.0. The van der Waals surface area contributed by atoms with Crippen LogP contribution in [0.4, 0.5) is 4.79 Å². The molecule has 7 heteroatoms. The van der Waals surface area contributed by atoms with Crippen LogP contribution < -0.4 is 5.32 Å². The highest BCUT2D eigenvalue weighted by molar-refractivity contribution is 5.74. The van der Waals surface area contributed by atoms with Crippen molar-refractivity contribution in [3.8, 4) is 0 Å². The quantitative estimate of drug-likeness (QED) is 0.782. The van der Waals surface area contributed by atoms with E-state index in [-0.39, 0.29) is 18.5 Å². The molecule has 0 aliphatic carbocycles. The molecule has 2 heterocycles. The maximum Gasteiger partial charge on any atom is 0.317 e. The maximum atomic E-state index is 12.2. The number of aromatic nitrogens is 2. The van der Waals surface area contributed by atoms with Crippen molar-refractivity contribution >= 4 is 12.0 Å². The van der Waals surface area contributed by atoms with Crippen molar-refractivity contribution < 1.29 is 14.7 Å². The molecule has 1 unspecified atom stereocenters. The predicted molar refractivity (Wildman–Crippen MR) is 81.7 cm³/mol. The van der Waals surface area contributed by atoms with E-state index in [1.807, 2.05) is 17.3 Å². The number of carboxylic acids is 1. The third-order valence-corrected chi connectivity index (χ3v) is 3.99. The van der Waals surface area contributed by atoms with Crippen molar-refractivity contribution in [1.29, 1.82) is 0 Å². The molecule has 1 aromatic rings. The van der Waals surface area contributed by atoms with Gasteiger partial charge in [0.05, 0.1) is 6.04 Å². The van der Waals surface area contributed by atoms with E-state index in [4.69, 9.17) is 5.11 Å². The Morgan fingerprint density at radius 2 is 2.32 bits per heavy atom. The minimum absolute atomic E-state index is 0.0812. The topological polar surface area (TPSA) is 87.5 Å². The third kappa shape index (κ3) is 4.22. The summed E-state index contributed by atoms with van der Waals surface area (Å²) in [6.45, 7) is 3.90. The van der Waals surface area contributed by atoms with Gasteiger partial charge in [-0.1, -0.05) is 6.92 Å². The summed E-state index contributed by atoms with van der Waals surface area (Å²) in [5.74, 6) is 0.216. The zero-order valence-corrected chi connectivity index (χ0v) is 13.0. The highest BCUT2D eigenvalue weighted by atomic mass is 16.4. The first-order valence-corrected chi connectivity index (χ1v) is 7.88. The molecule has 1 aliphatic heterocycles. The van der Waals surface area contributed by atoms with Crippen molar-refractivity contribution in [2.45, 2.75) is 45.1 Å². The summed E-state index contributed by atoms with van der Waals surface area (Å²) in [5.41, 5.74) is 0. The molecule has 1 fully saturated rings. The van der Waals surface area contributed by atoms with E-state index in [9.17, 15) is 9.59 Å². The number of nitrogens with one attached hydrogen (secondary N) is 1. The van der Waals surface area contributed by atoms with Crippen molar-refractivity contribution in [2.24, 2.45) is 0 Å². The van der Waals surface area contributed by atoms with Gasteiger partial charge in [-0.05, 0) is 19.3 Å². The molecule has 0 saturated carbocycles. The first-order chi connectivity index (χ1) is 10.6. The molecule has 2 amide bonds. The fourth-order valence-corrected chi connectivity index (χ4v) is 2.86.